The van der Waals surface area contributed by atoms with Gasteiger partial charge in [-0.15, -0.1) is 0 Å². The molecule has 42 heavy (non-hydrogen) atoms. The predicted octanol–water partition coefficient (Wildman–Crippen LogP) is 6.01. The molecular formula is C35H38N4O3. The monoisotopic (exact) mass is 562 g/mol. The highest BCUT2D eigenvalue weighted by molar-refractivity contribution is 5.82. The fourth-order valence-corrected chi connectivity index (χ4v) is 5.80. The van der Waals surface area contributed by atoms with Crippen LogP contribution in [-0.4, -0.2) is 47.2 Å². The molecule has 1 aromatic heterocycles. The lowest BCUT2D eigenvalue weighted by Gasteiger charge is -2.39. The minimum Gasteiger partial charge on any atom is -0.494 e. The van der Waals surface area contributed by atoms with Gasteiger partial charge >= 0.3 is 0 Å². The molecule has 7 nitrogen and oxygen atoms in total. The maximum Gasteiger partial charge on any atom is 0.137 e. The summed E-state index contributed by atoms with van der Waals surface area (Å²) in [6.45, 7) is 4.95. The van der Waals surface area contributed by atoms with E-state index in [0.717, 1.165) is 31.8 Å². The van der Waals surface area contributed by atoms with E-state index in [0.29, 0.717) is 32.3 Å². The maximum atomic E-state index is 6.65. The lowest BCUT2D eigenvalue weighted by atomic mass is 9.79. The number of nitrogens with one attached hydrogen (secondary N) is 1. The highest BCUT2D eigenvalue weighted by Crippen LogP contribution is 2.35. The van der Waals surface area contributed by atoms with Gasteiger partial charge in [0.05, 0.1) is 32.5 Å². The van der Waals surface area contributed by atoms with Crippen molar-refractivity contribution in [1.29, 1.82) is 0 Å². The topological polar surface area (TPSA) is 70.4 Å². The fraction of sp³-hybridized carbons (Fsp3) is 0.314. The van der Waals surface area contributed by atoms with Crippen LogP contribution in [0, 0.1) is 5.92 Å². The minimum atomic E-state index is 0.0206. The van der Waals surface area contributed by atoms with Crippen molar-refractivity contribution in [3.05, 3.63) is 126 Å². The molecule has 1 saturated heterocycles. The number of hydrogen-bond acceptors (Lipinski definition) is 6. The Bertz CT molecular complexity index is 1510. The van der Waals surface area contributed by atoms with Gasteiger partial charge in [-0.25, -0.2) is 4.98 Å². The number of hydrogen-bond donors (Lipinski definition) is 1. The van der Waals surface area contributed by atoms with Gasteiger partial charge < -0.3 is 19.5 Å². The number of rotatable bonds is 13. The fourth-order valence-electron chi connectivity index (χ4n) is 5.80. The number of ether oxygens (including phenoxy) is 3. The zero-order valence-corrected chi connectivity index (χ0v) is 23.8. The minimum absolute atomic E-state index is 0.0206. The third-order valence-electron chi connectivity index (χ3n) is 7.90. The average molecular weight is 563 g/mol. The summed E-state index contributed by atoms with van der Waals surface area (Å²) in [5.74, 6) is 1.38. The van der Waals surface area contributed by atoms with E-state index in [-0.39, 0.29) is 12.0 Å². The molecular weight excluding hydrogens is 524 g/mol. The standard InChI is InChI=1S/C35H38N4O3/c1-2-7-27(8-3-1)23-40-17-6-18-41-33-15-13-30(14-16-33)35-32(22-39-26-37-25-38-39)20-36-21-34(35)42-24-28-11-12-29-9-4-5-10-31(29)19-28/h1-5,7-16,19,25-26,32,34-36H,6,17-18,20-24H2/t32-,34-,35-/m1/s1. The molecule has 5 aromatic rings. The highest BCUT2D eigenvalue weighted by Gasteiger charge is 2.35. The number of fused-ring (bicyclic) bond motifs is 1. The van der Waals surface area contributed by atoms with Crippen molar-refractivity contribution in [3.8, 4) is 5.75 Å². The molecule has 1 fully saturated rings. The molecule has 216 valence electrons. The molecule has 4 aromatic carbocycles. The molecule has 0 saturated carbocycles. The van der Waals surface area contributed by atoms with Crippen molar-refractivity contribution < 1.29 is 14.2 Å². The summed E-state index contributed by atoms with van der Waals surface area (Å²) in [6, 6.07) is 33.8. The SMILES string of the molecule is c1ccc(COCCCOc2ccc([C@@H]3[C@@H](Cn4cncn4)CNC[C@H]3OCc3ccc4ccccc4c3)cc2)cc1. The van der Waals surface area contributed by atoms with Crippen LogP contribution >= 0.6 is 0 Å². The van der Waals surface area contributed by atoms with Crippen molar-refractivity contribution in [2.45, 2.75) is 38.2 Å². The second-order valence-electron chi connectivity index (χ2n) is 10.9. The molecule has 6 rings (SSSR count). The molecule has 1 N–H and O–H groups in total. The quantitative estimate of drug-likeness (QED) is 0.177. The number of nitrogens with zero attached hydrogens (tertiary/aromatic N) is 3. The van der Waals surface area contributed by atoms with Gasteiger partial charge in [0.25, 0.3) is 0 Å². The van der Waals surface area contributed by atoms with E-state index in [4.69, 9.17) is 14.2 Å². The molecule has 7 heteroatoms. The molecule has 2 heterocycles. The normalized spacial score (nSPS) is 18.7. The maximum absolute atomic E-state index is 6.65. The van der Waals surface area contributed by atoms with Crippen LogP contribution in [0.1, 0.15) is 29.0 Å². The number of piperidine rings is 1. The molecule has 0 spiro atoms. The summed E-state index contributed by atoms with van der Waals surface area (Å²) in [5, 5.41) is 10.5. The molecule has 0 amide bonds. The van der Waals surface area contributed by atoms with Gasteiger partial charge in [0.15, 0.2) is 0 Å². The van der Waals surface area contributed by atoms with E-state index >= 15 is 0 Å². The molecule has 1 aliphatic heterocycles. The largest absolute Gasteiger partial charge is 0.494 e. The summed E-state index contributed by atoms with van der Waals surface area (Å²) in [4.78, 5) is 4.15. The third-order valence-corrected chi connectivity index (χ3v) is 7.90. The van der Waals surface area contributed by atoms with Crippen LogP contribution in [0.4, 0.5) is 0 Å². The average Bonchev–Trinajstić information content (AvgIpc) is 3.56. The second kappa shape index (κ2) is 14.2. The van der Waals surface area contributed by atoms with E-state index in [1.807, 2.05) is 22.9 Å². The second-order valence-corrected chi connectivity index (χ2v) is 10.9. The lowest BCUT2D eigenvalue weighted by Crippen LogP contribution is -2.48. The van der Waals surface area contributed by atoms with Gasteiger partial charge in [0.2, 0.25) is 0 Å². The van der Waals surface area contributed by atoms with Crippen LogP contribution in [0.3, 0.4) is 0 Å². The van der Waals surface area contributed by atoms with Gasteiger partial charge in [-0.2, -0.15) is 5.10 Å². The molecule has 1 aliphatic rings. The van der Waals surface area contributed by atoms with Crippen molar-refractivity contribution in [2.75, 3.05) is 26.3 Å². The van der Waals surface area contributed by atoms with Gasteiger partial charge in [-0.05, 0) is 45.7 Å². The van der Waals surface area contributed by atoms with Crippen LogP contribution in [-0.2, 0) is 29.2 Å². The van der Waals surface area contributed by atoms with E-state index in [9.17, 15) is 0 Å². The summed E-state index contributed by atoms with van der Waals surface area (Å²) in [6.07, 6.45) is 4.25. The van der Waals surface area contributed by atoms with Crippen molar-refractivity contribution in [2.24, 2.45) is 5.92 Å². The predicted molar refractivity (Wildman–Crippen MR) is 164 cm³/mol. The van der Waals surface area contributed by atoms with Crippen LogP contribution in [0.25, 0.3) is 10.8 Å². The Morgan fingerprint density at radius 2 is 1.62 bits per heavy atom. The Hall–Kier alpha value is -4.04. The van der Waals surface area contributed by atoms with Crippen LogP contribution in [0.5, 0.6) is 5.75 Å². The number of benzene rings is 4. The van der Waals surface area contributed by atoms with Gasteiger partial charge in [-0.1, -0.05) is 78.9 Å². The first kappa shape index (κ1) is 28.1. The molecule has 0 unspecified atom stereocenters. The molecule has 0 radical (unpaired) electrons. The zero-order chi connectivity index (χ0) is 28.4. The lowest BCUT2D eigenvalue weighted by molar-refractivity contribution is -0.00906. The van der Waals surface area contributed by atoms with Crippen LogP contribution < -0.4 is 10.1 Å². The Kier molecular flexibility index (Phi) is 9.52. The zero-order valence-electron chi connectivity index (χ0n) is 23.8. The van der Waals surface area contributed by atoms with Crippen molar-refractivity contribution >= 4 is 10.8 Å². The Morgan fingerprint density at radius 1 is 0.786 bits per heavy atom. The van der Waals surface area contributed by atoms with Crippen LogP contribution in [0.2, 0.25) is 0 Å². The van der Waals surface area contributed by atoms with Crippen molar-refractivity contribution in [3.63, 3.8) is 0 Å². The highest BCUT2D eigenvalue weighted by atomic mass is 16.5. The van der Waals surface area contributed by atoms with Gasteiger partial charge in [0.1, 0.15) is 18.4 Å². The molecule has 0 aliphatic carbocycles. The van der Waals surface area contributed by atoms with E-state index in [2.05, 4.69) is 94.3 Å². The van der Waals surface area contributed by atoms with E-state index in [1.54, 1.807) is 12.7 Å². The summed E-state index contributed by atoms with van der Waals surface area (Å²) in [7, 11) is 0. The Morgan fingerprint density at radius 3 is 2.45 bits per heavy atom. The Labute approximate surface area is 247 Å². The summed E-state index contributed by atoms with van der Waals surface area (Å²) in [5.41, 5.74) is 3.62. The smallest absolute Gasteiger partial charge is 0.137 e. The van der Waals surface area contributed by atoms with Gasteiger partial charge in [-0.3, -0.25) is 4.68 Å². The first-order valence-corrected chi connectivity index (χ1v) is 14.8. The third kappa shape index (κ3) is 7.42. The van der Waals surface area contributed by atoms with Crippen LogP contribution in [0.15, 0.2) is 110 Å². The molecule has 0 bridgehead atoms. The molecule has 3 atom stereocenters. The first-order valence-electron chi connectivity index (χ1n) is 14.8. The van der Waals surface area contributed by atoms with Gasteiger partial charge in [0, 0.05) is 37.9 Å². The summed E-state index contributed by atoms with van der Waals surface area (Å²) < 4.78 is 20.4. The van der Waals surface area contributed by atoms with E-state index < -0.39 is 0 Å². The van der Waals surface area contributed by atoms with Crippen molar-refractivity contribution in [1.82, 2.24) is 20.1 Å². The number of aromatic nitrogens is 3. The van der Waals surface area contributed by atoms with E-state index in [1.165, 1.54) is 27.5 Å². The summed E-state index contributed by atoms with van der Waals surface area (Å²) >= 11 is 0. The Balaban J connectivity index is 1.08. The first-order chi connectivity index (χ1) is 20.8.